The lowest BCUT2D eigenvalue weighted by molar-refractivity contribution is 0.771. The van der Waals surface area contributed by atoms with Crippen LogP contribution in [0.5, 0.6) is 0 Å². The fourth-order valence-electron chi connectivity index (χ4n) is 3.23. The lowest BCUT2D eigenvalue weighted by Gasteiger charge is -2.12. The summed E-state index contributed by atoms with van der Waals surface area (Å²) >= 11 is 1.77. The molecule has 0 amide bonds. The minimum absolute atomic E-state index is 0.833. The van der Waals surface area contributed by atoms with Gasteiger partial charge < -0.3 is 15.5 Å². The van der Waals surface area contributed by atoms with E-state index in [2.05, 4.69) is 58.2 Å². The number of hydrogen-bond acceptors (Lipinski definition) is 4. The van der Waals surface area contributed by atoms with Crippen molar-refractivity contribution in [1.29, 1.82) is 0 Å². The molecule has 0 spiro atoms. The van der Waals surface area contributed by atoms with Crippen molar-refractivity contribution < 1.29 is 0 Å². The summed E-state index contributed by atoms with van der Waals surface area (Å²) in [5.74, 6) is 0.903. The molecular formula is C21H31N5S. The summed E-state index contributed by atoms with van der Waals surface area (Å²) in [6, 6.07) is 10.6. The second kappa shape index (κ2) is 10.9. The molecule has 1 aromatic heterocycles. The molecule has 0 aliphatic carbocycles. The van der Waals surface area contributed by atoms with Gasteiger partial charge in [-0.05, 0) is 38.2 Å². The van der Waals surface area contributed by atoms with Gasteiger partial charge in [-0.25, -0.2) is 4.98 Å². The Morgan fingerprint density at radius 3 is 2.74 bits per heavy atom. The van der Waals surface area contributed by atoms with Crippen LogP contribution in [0, 0.1) is 0 Å². The highest BCUT2D eigenvalue weighted by Crippen LogP contribution is 2.24. The van der Waals surface area contributed by atoms with Crippen LogP contribution in [0.1, 0.15) is 37.4 Å². The average molecular weight is 386 g/mol. The predicted octanol–water partition coefficient (Wildman–Crippen LogP) is 3.47. The first-order valence-electron chi connectivity index (χ1n) is 10.1. The topological polar surface area (TPSA) is 52.6 Å². The molecule has 2 aromatic rings. The number of nitrogens with zero attached hydrogens (tertiary/aromatic N) is 3. The molecule has 5 nitrogen and oxygen atoms in total. The highest BCUT2D eigenvalue weighted by molar-refractivity contribution is 7.13. The maximum atomic E-state index is 4.79. The van der Waals surface area contributed by atoms with E-state index in [0.717, 1.165) is 57.9 Å². The number of guanidine groups is 1. The van der Waals surface area contributed by atoms with Crippen molar-refractivity contribution in [3.05, 3.63) is 47.0 Å². The second-order valence-corrected chi connectivity index (χ2v) is 7.68. The third kappa shape index (κ3) is 6.54. The smallest absolute Gasteiger partial charge is 0.191 e. The van der Waals surface area contributed by atoms with Gasteiger partial charge in [-0.15, -0.1) is 11.3 Å². The van der Waals surface area contributed by atoms with Gasteiger partial charge in [0.15, 0.2) is 11.1 Å². The first kappa shape index (κ1) is 19.7. The maximum absolute atomic E-state index is 4.79. The predicted molar refractivity (Wildman–Crippen MR) is 116 cm³/mol. The van der Waals surface area contributed by atoms with Crippen molar-refractivity contribution in [3.63, 3.8) is 0 Å². The SMILES string of the molecule is CCNC(=NCCCc1ccccc1)NCCc1csc(N2CCCC2)n1. The van der Waals surface area contributed by atoms with Gasteiger partial charge >= 0.3 is 0 Å². The molecule has 6 heteroatoms. The van der Waals surface area contributed by atoms with Crippen LogP contribution in [0.3, 0.4) is 0 Å². The summed E-state index contributed by atoms with van der Waals surface area (Å²) in [5.41, 5.74) is 2.55. The maximum Gasteiger partial charge on any atom is 0.191 e. The van der Waals surface area contributed by atoms with Crippen LogP contribution in [-0.4, -0.2) is 43.7 Å². The van der Waals surface area contributed by atoms with Crippen LogP contribution in [0.2, 0.25) is 0 Å². The summed E-state index contributed by atoms with van der Waals surface area (Å²) in [7, 11) is 0. The van der Waals surface area contributed by atoms with Crippen molar-refractivity contribution in [1.82, 2.24) is 15.6 Å². The molecule has 1 aliphatic rings. The van der Waals surface area contributed by atoms with E-state index in [1.54, 1.807) is 11.3 Å². The van der Waals surface area contributed by atoms with Gasteiger partial charge in [-0.3, -0.25) is 4.99 Å². The Balaban J connectivity index is 1.39. The number of rotatable bonds is 9. The van der Waals surface area contributed by atoms with Crippen molar-refractivity contribution >= 4 is 22.4 Å². The van der Waals surface area contributed by atoms with E-state index in [0.29, 0.717) is 0 Å². The van der Waals surface area contributed by atoms with Crippen LogP contribution in [0.4, 0.5) is 5.13 Å². The number of hydrogen-bond donors (Lipinski definition) is 2. The van der Waals surface area contributed by atoms with E-state index in [9.17, 15) is 0 Å². The Morgan fingerprint density at radius 1 is 1.15 bits per heavy atom. The second-order valence-electron chi connectivity index (χ2n) is 6.84. The van der Waals surface area contributed by atoms with Crippen molar-refractivity contribution in [2.45, 2.75) is 39.0 Å². The quantitative estimate of drug-likeness (QED) is 0.394. The van der Waals surface area contributed by atoms with Crippen molar-refractivity contribution in [3.8, 4) is 0 Å². The molecule has 0 unspecified atom stereocenters. The number of aliphatic imine (C=N–C) groups is 1. The van der Waals surface area contributed by atoms with E-state index in [-0.39, 0.29) is 0 Å². The third-order valence-corrected chi connectivity index (χ3v) is 5.62. The van der Waals surface area contributed by atoms with Gasteiger partial charge in [0.2, 0.25) is 0 Å². The zero-order valence-electron chi connectivity index (χ0n) is 16.3. The summed E-state index contributed by atoms with van der Waals surface area (Å²) in [6.45, 7) is 6.98. The molecule has 1 saturated heterocycles. The average Bonchev–Trinajstić information content (AvgIpc) is 3.38. The highest BCUT2D eigenvalue weighted by atomic mass is 32.1. The van der Waals surface area contributed by atoms with Gasteiger partial charge in [0.1, 0.15) is 0 Å². The van der Waals surface area contributed by atoms with Gasteiger partial charge in [0.25, 0.3) is 0 Å². The molecule has 3 rings (SSSR count). The minimum atomic E-state index is 0.833. The Hall–Kier alpha value is -2.08. The molecule has 1 aromatic carbocycles. The van der Waals surface area contributed by atoms with Gasteiger partial charge in [-0.1, -0.05) is 30.3 Å². The number of thiazole rings is 1. The molecule has 1 aliphatic heterocycles. The molecule has 0 saturated carbocycles. The molecule has 2 N–H and O–H groups in total. The Kier molecular flexibility index (Phi) is 7.96. The molecule has 1 fully saturated rings. The van der Waals surface area contributed by atoms with Crippen molar-refractivity contribution in [2.24, 2.45) is 4.99 Å². The Morgan fingerprint density at radius 2 is 1.96 bits per heavy atom. The van der Waals surface area contributed by atoms with E-state index < -0.39 is 0 Å². The molecule has 0 atom stereocenters. The Bertz CT molecular complexity index is 692. The molecule has 27 heavy (non-hydrogen) atoms. The lowest BCUT2D eigenvalue weighted by Crippen LogP contribution is -2.38. The first-order chi connectivity index (χ1) is 13.3. The fourth-order valence-corrected chi connectivity index (χ4v) is 4.15. The van der Waals surface area contributed by atoms with E-state index >= 15 is 0 Å². The molecular weight excluding hydrogens is 354 g/mol. The molecule has 2 heterocycles. The highest BCUT2D eigenvalue weighted by Gasteiger charge is 2.15. The molecule has 0 bridgehead atoms. The zero-order valence-corrected chi connectivity index (χ0v) is 17.1. The monoisotopic (exact) mass is 385 g/mol. The first-order valence-corrected chi connectivity index (χ1v) is 11.0. The largest absolute Gasteiger partial charge is 0.357 e. The number of aryl methyl sites for hydroxylation is 1. The van der Waals surface area contributed by atoms with Crippen LogP contribution in [0.25, 0.3) is 0 Å². The zero-order chi connectivity index (χ0) is 18.7. The van der Waals surface area contributed by atoms with Crippen LogP contribution in [-0.2, 0) is 12.8 Å². The summed E-state index contributed by atoms with van der Waals surface area (Å²) in [4.78, 5) is 11.9. The number of anilines is 1. The number of aromatic nitrogens is 1. The number of benzene rings is 1. The Labute approximate surface area is 166 Å². The van der Waals surface area contributed by atoms with Crippen LogP contribution in [0.15, 0.2) is 40.7 Å². The van der Waals surface area contributed by atoms with Crippen molar-refractivity contribution in [2.75, 3.05) is 37.6 Å². The normalized spacial score (nSPS) is 14.6. The van der Waals surface area contributed by atoms with Gasteiger partial charge in [0, 0.05) is 44.5 Å². The fraction of sp³-hybridized carbons (Fsp3) is 0.524. The van der Waals surface area contributed by atoms with Gasteiger partial charge in [0.05, 0.1) is 5.69 Å². The lowest BCUT2D eigenvalue weighted by atomic mass is 10.1. The molecule has 0 radical (unpaired) electrons. The van der Waals surface area contributed by atoms with Crippen LogP contribution < -0.4 is 15.5 Å². The standard InChI is InChI=1S/C21H31N5S/c1-2-22-20(23-13-8-11-18-9-4-3-5-10-18)24-14-12-19-17-27-21(25-19)26-15-6-7-16-26/h3-5,9-10,17H,2,6-8,11-16H2,1H3,(H2,22,23,24). The van der Waals surface area contributed by atoms with Gasteiger partial charge in [-0.2, -0.15) is 0 Å². The summed E-state index contributed by atoms with van der Waals surface area (Å²) < 4.78 is 0. The number of nitrogens with one attached hydrogen (secondary N) is 2. The van der Waals surface area contributed by atoms with Crippen LogP contribution >= 0.6 is 11.3 Å². The summed E-state index contributed by atoms with van der Waals surface area (Å²) in [5, 5.41) is 10.1. The van der Waals surface area contributed by atoms with E-state index in [4.69, 9.17) is 9.98 Å². The molecule has 146 valence electrons. The minimum Gasteiger partial charge on any atom is -0.357 e. The van der Waals surface area contributed by atoms with E-state index in [1.807, 2.05) is 0 Å². The summed E-state index contributed by atoms with van der Waals surface area (Å²) in [6.07, 6.45) is 5.65. The van der Waals surface area contributed by atoms with E-state index in [1.165, 1.54) is 29.2 Å². The third-order valence-electron chi connectivity index (χ3n) is 4.67.